The quantitative estimate of drug-likeness (QED) is 0.793. The van der Waals surface area contributed by atoms with Crippen molar-refractivity contribution in [2.45, 2.75) is 4.90 Å². The van der Waals surface area contributed by atoms with E-state index in [-0.39, 0.29) is 15.8 Å². The third-order valence-electron chi connectivity index (χ3n) is 2.24. The van der Waals surface area contributed by atoms with Gasteiger partial charge in [0, 0.05) is 6.07 Å². The van der Waals surface area contributed by atoms with Crippen LogP contribution < -0.4 is 4.18 Å². The van der Waals surface area contributed by atoms with Crippen LogP contribution in [0.3, 0.4) is 0 Å². The highest BCUT2D eigenvalue weighted by atomic mass is 35.5. The molecule has 0 fully saturated rings. The summed E-state index contributed by atoms with van der Waals surface area (Å²) in [6.07, 6.45) is 0. The first-order valence-electron chi connectivity index (χ1n) is 5.14. The van der Waals surface area contributed by atoms with E-state index < -0.39 is 26.6 Å². The van der Waals surface area contributed by atoms with Crippen LogP contribution in [0.1, 0.15) is 0 Å². The molecule has 0 N–H and O–H groups in total. The molecule has 0 saturated heterocycles. The number of rotatable bonds is 3. The fourth-order valence-corrected chi connectivity index (χ4v) is 2.75. The second-order valence-electron chi connectivity index (χ2n) is 3.69. The smallest absolute Gasteiger partial charge is 0.339 e. The van der Waals surface area contributed by atoms with Crippen molar-refractivity contribution in [3.63, 3.8) is 0 Å². The van der Waals surface area contributed by atoms with Crippen LogP contribution in [0.25, 0.3) is 0 Å². The van der Waals surface area contributed by atoms with E-state index in [1.54, 1.807) is 0 Å². The van der Waals surface area contributed by atoms with Gasteiger partial charge in [0.25, 0.3) is 0 Å². The predicted molar refractivity (Wildman–Crippen MR) is 70.6 cm³/mol. The number of hydrogen-bond acceptors (Lipinski definition) is 3. The minimum atomic E-state index is -4.42. The maximum atomic E-state index is 13.0. The maximum Gasteiger partial charge on any atom is 0.339 e. The molecule has 20 heavy (non-hydrogen) atoms. The van der Waals surface area contributed by atoms with Gasteiger partial charge < -0.3 is 4.18 Å². The highest BCUT2D eigenvalue weighted by molar-refractivity contribution is 7.87. The van der Waals surface area contributed by atoms with Crippen molar-refractivity contribution >= 4 is 33.3 Å². The molecule has 0 saturated carbocycles. The minimum absolute atomic E-state index is 0.0878. The summed E-state index contributed by atoms with van der Waals surface area (Å²) < 4.78 is 54.6. The van der Waals surface area contributed by atoms with Crippen LogP contribution in [0.15, 0.2) is 41.3 Å². The summed E-state index contributed by atoms with van der Waals surface area (Å²) in [5, 5.41) is -0.0283. The van der Waals surface area contributed by atoms with Gasteiger partial charge in [-0.05, 0) is 24.3 Å². The van der Waals surface area contributed by atoms with Gasteiger partial charge in [-0.1, -0.05) is 29.3 Å². The Hall–Kier alpha value is -1.37. The van der Waals surface area contributed by atoms with Gasteiger partial charge in [-0.2, -0.15) is 8.42 Å². The molecular weight excluding hydrogens is 333 g/mol. The molecule has 0 bridgehead atoms. The van der Waals surface area contributed by atoms with Crippen molar-refractivity contribution < 1.29 is 21.4 Å². The Balaban J connectivity index is 2.43. The summed E-state index contributed by atoms with van der Waals surface area (Å²) in [5.41, 5.74) is 0. The third-order valence-corrected chi connectivity index (χ3v) is 4.25. The van der Waals surface area contributed by atoms with E-state index in [9.17, 15) is 17.2 Å². The summed E-state index contributed by atoms with van der Waals surface area (Å²) >= 11 is 11.5. The first-order valence-corrected chi connectivity index (χ1v) is 7.30. The zero-order chi connectivity index (χ0) is 14.9. The van der Waals surface area contributed by atoms with Crippen LogP contribution in [-0.2, 0) is 10.1 Å². The molecule has 0 unspecified atom stereocenters. The van der Waals surface area contributed by atoms with Crippen LogP contribution in [0, 0.1) is 11.6 Å². The lowest BCUT2D eigenvalue weighted by atomic mass is 10.3. The normalized spacial score (nSPS) is 11.4. The van der Waals surface area contributed by atoms with Crippen molar-refractivity contribution in [3.05, 3.63) is 58.1 Å². The molecule has 0 amide bonds. The van der Waals surface area contributed by atoms with E-state index in [1.807, 2.05) is 0 Å². The Morgan fingerprint density at radius 3 is 2.20 bits per heavy atom. The Bertz CT molecular complexity index is 743. The van der Waals surface area contributed by atoms with Gasteiger partial charge in [-0.3, -0.25) is 0 Å². The van der Waals surface area contributed by atoms with Crippen molar-refractivity contribution in [2.24, 2.45) is 0 Å². The lowest BCUT2D eigenvalue weighted by Crippen LogP contribution is -2.10. The van der Waals surface area contributed by atoms with Gasteiger partial charge in [-0.25, -0.2) is 8.78 Å². The molecule has 0 spiro atoms. The van der Waals surface area contributed by atoms with Crippen molar-refractivity contribution in [1.82, 2.24) is 0 Å². The van der Waals surface area contributed by atoms with Crippen LogP contribution in [0.5, 0.6) is 5.75 Å². The van der Waals surface area contributed by atoms with Crippen molar-refractivity contribution in [1.29, 1.82) is 0 Å². The van der Waals surface area contributed by atoms with E-state index in [0.29, 0.717) is 18.2 Å². The van der Waals surface area contributed by atoms with Crippen LogP contribution in [0.4, 0.5) is 8.78 Å². The van der Waals surface area contributed by atoms with Crippen molar-refractivity contribution in [3.8, 4) is 5.75 Å². The Labute approximate surface area is 123 Å². The highest BCUT2D eigenvalue weighted by Gasteiger charge is 2.21. The fraction of sp³-hybridized carbons (Fsp3) is 0. The van der Waals surface area contributed by atoms with Gasteiger partial charge in [0.05, 0.1) is 5.02 Å². The summed E-state index contributed by atoms with van der Waals surface area (Å²) in [6.45, 7) is 0. The van der Waals surface area contributed by atoms with E-state index in [4.69, 9.17) is 27.4 Å². The average Bonchev–Trinajstić information content (AvgIpc) is 2.33. The number of hydrogen-bond donors (Lipinski definition) is 0. The molecule has 2 aromatic rings. The topological polar surface area (TPSA) is 43.4 Å². The summed E-state index contributed by atoms with van der Waals surface area (Å²) in [6, 6.07) is 5.94. The van der Waals surface area contributed by atoms with Crippen molar-refractivity contribution in [2.75, 3.05) is 0 Å². The Morgan fingerprint density at radius 2 is 1.60 bits per heavy atom. The molecule has 0 radical (unpaired) electrons. The molecule has 106 valence electrons. The molecule has 0 aliphatic rings. The fourth-order valence-electron chi connectivity index (χ4n) is 1.39. The van der Waals surface area contributed by atoms with E-state index in [0.717, 1.165) is 0 Å². The first-order chi connectivity index (χ1) is 9.29. The van der Waals surface area contributed by atoms with Gasteiger partial charge >= 0.3 is 10.1 Å². The number of benzene rings is 2. The second-order valence-corrected chi connectivity index (χ2v) is 6.03. The molecule has 2 rings (SSSR count). The maximum absolute atomic E-state index is 13.0. The van der Waals surface area contributed by atoms with E-state index in [2.05, 4.69) is 0 Å². The SMILES string of the molecule is O=S(=O)(Oc1cccc(Cl)c1Cl)c1cc(F)cc(F)c1. The lowest BCUT2D eigenvalue weighted by Gasteiger charge is -2.09. The standard InChI is InChI=1S/C12H6Cl2F2O3S/c13-10-2-1-3-11(12(10)14)19-20(17,18)9-5-7(15)4-8(16)6-9/h1-6H. The third kappa shape index (κ3) is 3.20. The Kier molecular flexibility index (Phi) is 4.17. The monoisotopic (exact) mass is 338 g/mol. The molecule has 0 aromatic heterocycles. The molecule has 0 heterocycles. The molecule has 3 nitrogen and oxygen atoms in total. The summed E-state index contributed by atoms with van der Waals surface area (Å²) in [5.74, 6) is -2.31. The predicted octanol–water partition coefficient (Wildman–Crippen LogP) is 4.04. The van der Waals surface area contributed by atoms with Gasteiger partial charge in [0.2, 0.25) is 0 Å². The first kappa shape index (κ1) is 15.0. The van der Waals surface area contributed by atoms with Gasteiger partial charge in [0.15, 0.2) is 5.75 Å². The molecule has 0 aliphatic heterocycles. The van der Waals surface area contributed by atoms with Crippen LogP contribution in [0.2, 0.25) is 10.0 Å². The molecule has 0 atom stereocenters. The molecular formula is C12H6Cl2F2O3S. The lowest BCUT2D eigenvalue weighted by molar-refractivity contribution is 0.482. The highest BCUT2D eigenvalue weighted by Crippen LogP contribution is 2.33. The summed E-state index contributed by atoms with van der Waals surface area (Å²) in [4.78, 5) is -0.661. The zero-order valence-corrected chi connectivity index (χ0v) is 11.9. The minimum Gasteiger partial charge on any atom is -0.377 e. The number of halogens is 4. The average molecular weight is 339 g/mol. The van der Waals surface area contributed by atoms with Crippen LogP contribution >= 0.6 is 23.2 Å². The van der Waals surface area contributed by atoms with Crippen LogP contribution in [-0.4, -0.2) is 8.42 Å². The zero-order valence-electron chi connectivity index (χ0n) is 9.61. The van der Waals surface area contributed by atoms with E-state index in [1.165, 1.54) is 18.2 Å². The largest absolute Gasteiger partial charge is 0.377 e. The van der Waals surface area contributed by atoms with E-state index >= 15 is 0 Å². The molecule has 0 aliphatic carbocycles. The molecule has 8 heteroatoms. The van der Waals surface area contributed by atoms with Gasteiger partial charge in [-0.15, -0.1) is 0 Å². The van der Waals surface area contributed by atoms with Gasteiger partial charge in [0.1, 0.15) is 21.6 Å². The molecule has 2 aromatic carbocycles. The second kappa shape index (κ2) is 5.55. The Morgan fingerprint density at radius 1 is 1.00 bits per heavy atom. The summed E-state index contributed by atoms with van der Waals surface area (Å²) in [7, 11) is -4.42.